The molecule has 40 heavy (non-hydrogen) atoms. The number of aryl methyl sites for hydroxylation is 2. The molecule has 1 aromatic heterocycles. The second-order valence-corrected chi connectivity index (χ2v) is 12.2. The minimum atomic E-state index is -3.68. The minimum Gasteiger partial charge on any atom is -0.497 e. The number of Topliss-reactive ketones (excluding diaryl/α,β-unsaturated/α-hetero) is 1. The van der Waals surface area contributed by atoms with E-state index in [1.54, 1.807) is 44.9 Å². The number of carbonyl (C=O) groups excluding carboxylic acids is 2. The van der Waals surface area contributed by atoms with Gasteiger partial charge in [0.05, 0.1) is 30.8 Å². The van der Waals surface area contributed by atoms with Crippen LogP contribution in [0.25, 0.3) is 0 Å². The van der Waals surface area contributed by atoms with Crippen molar-refractivity contribution in [3.8, 4) is 5.75 Å². The molecule has 224 valence electrons. The maximum Gasteiger partial charge on any atom is 0.243 e. The van der Waals surface area contributed by atoms with Gasteiger partial charge in [-0.05, 0) is 69.8 Å². The quantitative estimate of drug-likeness (QED) is 0.357. The van der Waals surface area contributed by atoms with E-state index in [2.05, 4.69) is 28.9 Å². The number of hydrogen-bond acceptors (Lipinski definition) is 8. The molecule has 10 nitrogen and oxygen atoms in total. The van der Waals surface area contributed by atoms with Crippen molar-refractivity contribution in [1.82, 2.24) is 19.1 Å². The normalized spacial score (nSPS) is 11.2. The van der Waals surface area contributed by atoms with Crippen molar-refractivity contribution in [2.75, 3.05) is 66.9 Å². The molecular formula is C29H47N5O5S. The Morgan fingerprint density at radius 3 is 2.08 bits per heavy atom. The van der Waals surface area contributed by atoms with Crippen molar-refractivity contribution in [3.05, 3.63) is 47.2 Å². The van der Waals surface area contributed by atoms with Crippen molar-refractivity contribution in [3.63, 3.8) is 0 Å². The van der Waals surface area contributed by atoms with Gasteiger partial charge in [0.1, 0.15) is 17.4 Å². The highest BCUT2D eigenvalue weighted by Crippen LogP contribution is 2.27. The van der Waals surface area contributed by atoms with Gasteiger partial charge in [-0.3, -0.25) is 9.59 Å². The molecule has 1 amide bonds. The van der Waals surface area contributed by atoms with Gasteiger partial charge in [0.25, 0.3) is 0 Å². The van der Waals surface area contributed by atoms with E-state index in [4.69, 9.17) is 4.74 Å². The topological polar surface area (TPSA) is 103 Å². The van der Waals surface area contributed by atoms with Gasteiger partial charge in [0.15, 0.2) is 0 Å². The molecule has 0 unspecified atom stereocenters. The van der Waals surface area contributed by atoms with Crippen molar-refractivity contribution < 1.29 is 22.7 Å². The monoisotopic (exact) mass is 577 g/mol. The summed E-state index contributed by atoms with van der Waals surface area (Å²) in [5, 5.41) is 0. The van der Waals surface area contributed by atoms with Gasteiger partial charge in [-0.2, -0.15) is 4.31 Å². The van der Waals surface area contributed by atoms with Gasteiger partial charge >= 0.3 is 0 Å². The number of amides is 1. The van der Waals surface area contributed by atoms with Gasteiger partial charge in [0, 0.05) is 47.6 Å². The van der Waals surface area contributed by atoms with E-state index in [1.807, 2.05) is 32.2 Å². The summed E-state index contributed by atoms with van der Waals surface area (Å²) in [6, 6.07) is 9.29. The molecule has 0 N–H and O–H groups in total. The molecule has 1 heterocycles. The Hall–Kier alpha value is -3.02. The highest BCUT2D eigenvalue weighted by Gasteiger charge is 2.26. The molecule has 0 spiro atoms. The zero-order chi connectivity index (χ0) is 30.6. The van der Waals surface area contributed by atoms with E-state index in [-0.39, 0.29) is 23.1 Å². The van der Waals surface area contributed by atoms with Crippen molar-refractivity contribution in [2.45, 2.75) is 52.0 Å². The molecule has 0 saturated heterocycles. The van der Waals surface area contributed by atoms with Crippen LogP contribution in [0.15, 0.2) is 35.2 Å². The van der Waals surface area contributed by atoms with E-state index >= 15 is 0 Å². The molecule has 0 saturated carbocycles. The van der Waals surface area contributed by atoms with Gasteiger partial charge < -0.3 is 19.4 Å². The van der Waals surface area contributed by atoms with E-state index in [0.29, 0.717) is 36.3 Å². The molecule has 2 aromatic rings. The third kappa shape index (κ3) is 10.9. The van der Waals surface area contributed by atoms with Gasteiger partial charge in [0.2, 0.25) is 15.9 Å². The second kappa shape index (κ2) is 16.3. The lowest BCUT2D eigenvalue weighted by atomic mass is 10.1. The molecule has 1 aromatic carbocycles. The van der Waals surface area contributed by atoms with Crippen LogP contribution in [0.5, 0.6) is 5.75 Å². The first-order valence-electron chi connectivity index (χ1n) is 13.3. The Kier molecular flexibility index (Phi) is 14.3. The zero-order valence-corrected chi connectivity index (χ0v) is 26.6. The number of methoxy groups -OCH3 is 1. The van der Waals surface area contributed by atoms with Crippen LogP contribution < -0.4 is 9.64 Å². The van der Waals surface area contributed by atoms with Crippen LogP contribution in [0.1, 0.15) is 43.5 Å². The smallest absolute Gasteiger partial charge is 0.243 e. The number of anilines is 1. The summed E-state index contributed by atoms with van der Waals surface area (Å²) < 4.78 is 31.5. The average molecular weight is 578 g/mol. The summed E-state index contributed by atoms with van der Waals surface area (Å²) in [5.41, 5.74) is 2.13. The molecule has 0 atom stereocenters. The van der Waals surface area contributed by atoms with E-state index in [9.17, 15) is 18.0 Å². The van der Waals surface area contributed by atoms with Crippen molar-refractivity contribution >= 4 is 27.5 Å². The Balaban J connectivity index is 0.000000402. The van der Waals surface area contributed by atoms with Crippen LogP contribution in [-0.4, -0.2) is 101 Å². The summed E-state index contributed by atoms with van der Waals surface area (Å²) in [6.45, 7) is 9.26. The summed E-state index contributed by atoms with van der Waals surface area (Å²) in [4.78, 5) is 33.7. The summed E-state index contributed by atoms with van der Waals surface area (Å²) in [7, 11) is 7.22. The number of carbonyl (C=O) groups is 2. The highest BCUT2D eigenvalue weighted by molar-refractivity contribution is 7.89. The number of benzene rings is 1. The van der Waals surface area contributed by atoms with Gasteiger partial charge in [-0.25, -0.2) is 13.4 Å². The fourth-order valence-electron chi connectivity index (χ4n) is 3.87. The standard InChI is InChI=1S/C15H23NO4S.C14H24N4O/c1-6-7-13(17)10-16(4)21(18,19)15-11(2)8-14(20-5)9-12(15)3;1-12(19)18(5)11-13-7-6-8-14(15-13)17(4)10-9-16(2)3/h8-9H,6-7,10H2,1-5H3;6-8H,9-11H2,1-5H3. The van der Waals surface area contributed by atoms with Crippen molar-refractivity contribution in [1.29, 1.82) is 0 Å². The number of likely N-dealkylation sites (N-methyl/N-ethyl adjacent to an activating group) is 3. The Bertz CT molecular complexity index is 1210. The minimum absolute atomic E-state index is 0.0492. The fraction of sp³-hybridized carbons (Fsp3) is 0.552. The fourth-order valence-corrected chi connectivity index (χ4v) is 5.43. The van der Waals surface area contributed by atoms with Gasteiger partial charge in [-0.1, -0.05) is 13.0 Å². The molecule has 0 aliphatic carbocycles. The number of hydrogen-bond donors (Lipinski definition) is 0. The Morgan fingerprint density at radius 2 is 1.57 bits per heavy atom. The summed E-state index contributed by atoms with van der Waals surface area (Å²) >= 11 is 0. The predicted molar refractivity (Wildman–Crippen MR) is 160 cm³/mol. The third-order valence-corrected chi connectivity index (χ3v) is 8.38. The molecule has 0 aliphatic heterocycles. The Morgan fingerprint density at radius 1 is 0.975 bits per heavy atom. The maximum absolute atomic E-state index is 12.6. The van der Waals surface area contributed by atoms with Crippen LogP contribution in [0.4, 0.5) is 5.82 Å². The molecular weight excluding hydrogens is 530 g/mol. The van der Waals surface area contributed by atoms with Crippen LogP contribution in [0, 0.1) is 13.8 Å². The second-order valence-electron chi connectivity index (χ2n) is 10.2. The predicted octanol–water partition coefficient (Wildman–Crippen LogP) is 3.36. The first kappa shape index (κ1) is 35.0. The number of ketones is 1. The molecule has 2 rings (SSSR count). The number of pyridine rings is 1. The van der Waals surface area contributed by atoms with Crippen LogP contribution in [0.2, 0.25) is 0 Å². The van der Waals surface area contributed by atoms with Crippen LogP contribution in [-0.2, 0) is 26.2 Å². The Labute approximate surface area is 241 Å². The first-order valence-corrected chi connectivity index (χ1v) is 14.7. The molecule has 0 radical (unpaired) electrons. The van der Waals surface area contributed by atoms with E-state index in [0.717, 1.165) is 28.9 Å². The number of ether oxygens (including phenoxy) is 1. The molecule has 11 heteroatoms. The lowest BCUT2D eigenvalue weighted by molar-refractivity contribution is -0.128. The summed E-state index contributed by atoms with van der Waals surface area (Å²) in [6.07, 6.45) is 1.10. The third-order valence-electron chi connectivity index (χ3n) is 6.27. The molecule has 0 aliphatic rings. The number of nitrogens with zero attached hydrogens (tertiary/aromatic N) is 5. The molecule has 0 fully saturated rings. The average Bonchev–Trinajstić information content (AvgIpc) is 2.87. The zero-order valence-electron chi connectivity index (χ0n) is 25.8. The van der Waals surface area contributed by atoms with E-state index < -0.39 is 10.0 Å². The maximum atomic E-state index is 12.6. The summed E-state index contributed by atoms with van der Waals surface area (Å²) in [5.74, 6) is 1.53. The first-order chi connectivity index (χ1) is 18.6. The number of aromatic nitrogens is 1. The largest absolute Gasteiger partial charge is 0.497 e. The number of sulfonamides is 1. The highest BCUT2D eigenvalue weighted by atomic mass is 32.2. The molecule has 0 bridgehead atoms. The lowest BCUT2D eigenvalue weighted by Crippen LogP contribution is -2.33. The van der Waals surface area contributed by atoms with Crippen LogP contribution >= 0.6 is 0 Å². The number of rotatable bonds is 13. The van der Waals surface area contributed by atoms with Crippen molar-refractivity contribution in [2.24, 2.45) is 0 Å². The van der Waals surface area contributed by atoms with E-state index in [1.165, 1.54) is 14.2 Å². The van der Waals surface area contributed by atoms with Crippen LogP contribution in [0.3, 0.4) is 0 Å². The lowest BCUT2D eigenvalue weighted by Gasteiger charge is -2.21. The van der Waals surface area contributed by atoms with Gasteiger partial charge in [-0.15, -0.1) is 0 Å². The SMILES string of the molecule is CC(=O)N(C)Cc1cccc(N(C)CCN(C)C)n1.CCCC(=O)CN(C)S(=O)(=O)c1c(C)cc(OC)cc1C.